The second kappa shape index (κ2) is 5.14. The van der Waals surface area contributed by atoms with Crippen molar-refractivity contribution in [3.8, 4) is 0 Å². The minimum Gasteiger partial charge on any atom is -0.362 e. The van der Waals surface area contributed by atoms with E-state index in [-0.39, 0.29) is 0 Å². The van der Waals surface area contributed by atoms with Crippen molar-refractivity contribution in [2.75, 3.05) is 5.32 Å². The van der Waals surface area contributed by atoms with E-state index in [1.807, 2.05) is 13.8 Å². The average Bonchev–Trinajstić information content (AvgIpc) is 2.84. The van der Waals surface area contributed by atoms with Gasteiger partial charge in [0.25, 0.3) is 0 Å². The molecule has 0 amide bonds. The lowest BCUT2D eigenvalue weighted by molar-refractivity contribution is 0.388. The van der Waals surface area contributed by atoms with Crippen LogP contribution in [0.4, 0.5) is 5.82 Å². The van der Waals surface area contributed by atoms with Gasteiger partial charge in [0.2, 0.25) is 0 Å². The third-order valence-corrected chi connectivity index (χ3v) is 2.74. The largest absolute Gasteiger partial charge is 0.362 e. The van der Waals surface area contributed by atoms with Gasteiger partial charge < -0.3 is 9.84 Å². The molecular weight excluding hydrogens is 240 g/mol. The lowest BCUT2D eigenvalue weighted by atomic mass is 10.3. The van der Waals surface area contributed by atoms with Crippen LogP contribution in [-0.4, -0.2) is 15.1 Å². The summed E-state index contributed by atoms with van der Waals surface area (Å²) in [4.78, 5) is 8.56. The van der Waals surface area contributed by atoms with E-state index in [9.17, 15) is 0 Å². The predicted octanol–water partition coefficient (Wildman–Crippen LogP) is 2.60. The van der Waals surface area contributed by atoms with Crippen molar-refractivity contribution in [3.63, 3.8) is 0 Å². The predicted molar refractivity (Wildman–Crippen MR) is 65.0 cm³/mol. The minimum absolute atomic E-state index is 0.483. The van der Waals surface area contributed by atoms with Crippen molar-refractivity contribution in [1.29, 1.82) is 0 Å². The standard InChI is InChI=1S/C11H13ClN4O/c1-3-9-15-10(12)7(2)11(16-9)13-6-8-4-5-14-17-8/h4-5H,3,6H2,1-2H3,(H,13,15,16). The maximum atomic E-state index is 6.03. The molecule has 0 aromatic carbocycles. The number of aromatic nitrogens is 3. The normalized spacial score (nSPS) is 10.5. The van der Waals surface area contributed by atoms with Crippen LogP contribution in [-0.2, 0) is 13.0 Å². The number of aryl methyl sites for hydroxylation is 1. The molecule has 0 aliphatic rings. The fraction of sp³-hybridized carbons (Fsp3) is 0.364. The van der Waals surface area contributed by atoms with E-state index in [4.69, 9.17) is 16.1 Å². The van der Waals surface area contributed by atoms with Gasteiger partial charge >= 0.3 is 0 Å². The molecule has 0 aliphatic heterocycles. The summed E-state index contributed by atoms with van der Waals surface area (Å²) in [6.07, 6.45) is 2.35. The fourth-order valence-electron chi connectivity index (χ4n) is 1.37. The van der Waals surface area contributed by atoms with Crippen LogP contribution >= 0.6 is 11.6 Å². The van der Waals surface area contributed by atoms with Gasteiger partial charge in [-0.3, -0.25) is 0 Å². The molecule has 2 aromatic heterocycles. The van der Waals surface area contributed by atoms with Gasteiger partial charge in [0.15, 0.2) is 5.76 Å². The topological polar surface area (TPSA) is 63.8 Å². The number of anilines is 1. The number of nitrogens with one attached hydrogen (secondary N) is 1. The number of hydrogen-bond acceptors (Lipinski definition) is 5. The van der Waals surface area contributed by atoms with Crippen LogP contribution in [0.1, 0.15) is 24.1 Å². The Morgan fingerprint density at radius 2 is 2.24 bits per heavy atom. The van der Waals surface area contributed by atoms with Crippen LogP contribution in [0, 0.1) is 6.92 Å². The Balaban J connectivity index is 2.17. The average molecular weight is 253 g/mol. The van der Waals surface area contributed by atoms with Gasteiger partial charge in [-0.25, -0.2) is 9.97 Å². The molecule has 2 heterocycles. The van der Waals surface area contributed by atoms with Crippen molar-refractivity contribution in [3.05, 3.63) is 34.6 Å². The summed E-state index contributed by atoms with van der Waals surface area (Å²) >= 11 is 6.03. The highest BCUT2D eigenvalue weighted by Gasteiger charge is 2.08. The van der Waals surface area contributed by atoms with Gasteiger partial charge in [0.1, 0.15) is 16.8 Å². The van der Waals surface area contributed by atoms with Crippen LogP contribution in [0.2, 0.25) is 5.15 Å². The van der Waals surface area contributed by atoms with Gasteiger partial charge in [0, 0.05) is 18.1 Å². The first kappa shape index (κ1) is 11.9. The Labute approximate surface area is 104 Å². The van der Waals surface area contributed by atoms with E-state index in [2.05, 4.69) is 20.4 Å². The van der Waals surface area contributed by atoms with Crippen LogP contribution in [0.15, 0.2) is 16.8 Å². The van der Waals surface area contributed by atoms with Crippen LogP contribution < -0.4 is 5.32 Å². The molecular formula is C11H13ClN4O. The first-order valence-corrected chi connectivity index (χ1v) is 5.75. The van der Waals surface area contributed by atoms with Gasteiger partial charge in [-0.1, -0.05) is 23.7 Å². The molecule has 2 rings (SSSR count). The van der Waals surface area contributed by atoms with E-state index < -0.39 is 0 Å². The zero-order valence-electron chi connectivity index (χ0n) is 9.70. The Morgan fingerprint density at radius 3 is 2.88 bits per heavy atom. The summed E-state index contributed by atoms with van der Waals surface area (Å²) in [6, 6.07) is 1.80. The van der Waals surface area contributed by atoms with Gasteiger partial charge in [0.05, 0.1) is 12.7 Å². The van der Waals surface area contributed by atoms with E-state index in [0.717, 1.165) is 29.4 Å². The Kier molecular flexibility index (Phi) is 3.58. The minimum atomic E-state index is 0.483. The summed E-state index contributed by atoms with van der Waals surface area (Å²) in [5, 5.41) is 7.28. The van der Waals surface area contributed by atoms with Crippen molar-refractivity contribution in [1.82, 2.24) is 15.1 Å². The Hall–Kier alpha value is -1.62. The van der Waals surface area contributed by atoms with Crippen LogP contribution in [0.3, 0.4) is 0 Å². The zero-order valence-corrected chi connectivity index (χ0v) is 10.5. The zero-order chi connectivity index (χ0) is 12.3. The van der Waals surface area contributed by atoms with Crippen molar-refractivity contribution >= 4 is 17.4 Å². The second-order valence-corrected chi connectivity index (χ2v) is 3.95. The summed E-state index contributed by atoms with van der Waals surface area (Å²) in [5.74, 6) is 2.20. The molecule has 5 nitrogen and oxygen atoms in total. The summed E-state index contributed by atoms with van der Waals surface area (Å²) in [5.41, 5.74) is 0.836. The number of nitrogens with zero attached hydrogens (tertiary/aromatic N) is 3. The quantitative estimate of drug-likeness (QED) is 0.848. The summed E-state index contributed by atoms with van der Waals surface area (Å²) in [7, 11) is 0. The third kappa shape index (κ3) is 2.74. The van der Waals surface area contributed by atoms with E-state index in [0.29, 0.717) is 11.7 Å². The van der Waals surface area contributed by atoms with Gasteiger partial charge in [-0.05, 0) is 6.92 Å². The molecule has 0 saturated carbocycles. The number of halogens is 1. The van der Waals surface area contributed by atoms with Gasteiger partial charge in [-0.15, -0.1) is 0 Å². The lowest BCUT2D eigenvalue weighted by Crippen LogP contribution is -2.06. The van der Waals surface area contributed by atoms with E-state index in [1.165, 1.54) is 0 Å². The fourth-order valence-corrected chi connectivity index (χ4v) is 1.55. The molecule has 0 unspecified atom stereocenters. The molecule has 0 aliphatic carbocycles. The highest BCUT2D eigenvalue weighted by atomic mass is 35.5. The number of hydrogen-bond donors (Lipinski definition) is 1. The SMILES string of the molecule is CCc1nc(Cl)c(C)c(NCc2ccno2)n1. The van der Waals surface area contributed by atoms with Gasteiger partial charge in [-0.2, -0.15) is 0 Å². The third-order valence-electron chi connectivity index (χ3n) is 2.37. The molecule has 0 spiro atoms. The van der Waals surface area contributed by atoms with Crippen molar-refractivity contribution in [2.45, 2.75) is 26.8 Å². The summed E-state index contributed by atoms with van der Waals surface area (Å²) < 4.78 is 4.99. The Bertz CT molecular complexity index is 498. The molecule has 0 radical (unpaired) electrons. The maximum absolute atomic E-state index is 6.03. The molecule has 0 fully saturated rings. The molecule has 0 atom stereocenters. The molecule has 17 heavy (non-hydrogen) atoms. The van der Waals surface area contributed by atoms with E-state index >= 15 is 0 Å². The summed E-state index contributed by atoms with van der Waals surface area (Å²) in [6.45, 7) is 4.39. The van der Waals surface area contributed by atoms with Crippen LogP contribution in [0.25, 0.3) is 0 Å². The number of rotatable bonds is 4. The Morgan fingerprint density at radius 1 is 1.41 bits per heavy atom. The first-order valence-electron chi connectivity index (χ1n) is 5.37. The lowest BCUT2D eigenvalue weighted by Gasteiger charge is -2.09. The first-order chi connectivity index (χ1) is 8.20. The second-order valence-electron chi connectivity index (χ2n) is 3.59. The maximum Gasteiger partial charge on any atom is 0.155 e. The monoisotopic (exact) mass is 252 g/mol. The van der Waals surface area contributed by atoms with E-state index in [1.54, 1.807) is 12.3 Å². The smallest absolute Gasteiger partial charge is 0.155 e. The molecule has 0 bridgehead atoms. The molecule has 90 valence electrons. The van der Waals surface area contributed by atoms with Crippen LogP contribution in [0.5, 0.6) is 0 Å². The molecule has 1 N–H and O–H groups in total. The molecule has 6 heteroatoms. The highest BCUT2D eigenvalue weighted by molar-refractivity contribution is 6.30. The highest BCUT2D eigenvalue weighted by Crippen LogP contribution is 2.20. The molecule has 0 saturated heterocycles. The van der Waals surface area contributed by atoms with Crippen molar-refractivity contribution < 1.29 is 4.52 Å². The van der Waals surface area contributed by atoms with Crippen molar-refractivity contribution in [2.24, 2.45) is 0 Å². The molecule has 2 aromatic rings.